The Labute approximate surface area is 181 Å². The van der Waals surface area contributed by atoms with Crippen LogP contribution in [-0.2, 0) is 4.79 Å². The first kappa shape index (κ1) is 21.0. The maximum atomic E-state index is 13.2. The van der Waals surface area contributed by atoms with Gasteiger partial charge in [-0.25, -0.2) is 15.0 Å². The summed E-state index contributed by atoms with van der Waals surface area (Å²) < 4.78 is 12.3. The Morgan fingerprint density at radius 2 is 1.97 bits per heavy atom. The van der Waals surface area contributed by atoms with Crippen molar-refractivity contribution in [3.8, 4) is 11.5 Å². The Balaban J connectivity index is 1.79. The van der Waals surface area contributed by atoms with Crippen molar-refractivity contribution in [2.75, 3.05) is 31.4 Å². The number of hydrogen-bond donors (Lipinski definition) is 3. The molecule has 2 heterocycles. The summed E-state index contributed by atoms with van der Waals surface area (Å²) >= 11 is 0. The molecule has 0 unspecified atom stereocenters. The predicted molar refractivity (Wildman–Crippen MR) is 115 cm³/mol. The molecule has 0 atom stereocenters. The van der Waals surface area contributed by atoms with Gasteiger partial charge in [-0.15, -0.1) is 0 Å². The van der Waals surface area contributed by atoms with Gasteiger partial charge in [0.1, 0.15) is 5.52 Å². The average Bonchev–Trinajstić information content (AvgIpc) is 3.62. The first-order valence-electron chi connectivity index (χ1n) is 9.78. The van der Waals surface area contributed by atoms with Crippen LogP contribution in [-0.4, -0.2) is 52.1 Å². The Bertz CT molecular complexity index is 1250. The average molecular weight is 439 g/mol. The predicted octanol–water partition coefficient (Wildman–Crippen LogP) is 0.688. The molecule has 4 N–H and O–H groups in total. The van der Waals surface area contributed by atoms with Crippen LogP contribution in [0.5, 0.6) is 11.5 Å². The SMILES string of the molecule is CNc1ncc(C(=O)Nc2nc3c(OC)c(OCC(N)=O)ccc3c(=O)n2C2CC2)cn1. The molecule has 12 heteroatoms. The lowest BCUT2D eigenvalue weighted by Crippen LogP contribution is -2.27. The fraction of sp³-hybridized carbons (Fsp3) is 0.300. The number of fused-ring (bicyclic) bond motifs is 1. The fourth-order valence-corrected chi connectivity index (χ4v) is 3.19. The van der Waals surface area contributed by atoms with Crippen molar-refractivity contribution in [1.29, 1.82) is 0 Å². The van der Waals surface area contributed by atoms with Crippen LogP contribution in [0, 0.1) is 0 Å². The Kier molecular flexibility index (Phi) is 5.58. The lowest BCUT2D eigenvalue weighted by Gasteiger charge is -2.16. The van der Waals surface area contributed by atoms with Crippen molar-refractivity contribution >= 4 is 34.6 Å². The molecule has 1 aliphatic carbocycles. The van der Waals surface area contributed by atoms with Crippen LogP contribution in [0.3, 0.4) is 0 Å². The molecule has 1 fully saturated rings. The zero-order valence-electron chi connectivity index (χ0n) is 17.4. The molecule has 166 valence electrons. The number of nitrogens with zero attached hydrogens (tertiary/aromatic N) is 4. The van der Waals surface area contributed by atoms with Crippen LogP contribution in [0.2, 0.25) is 0 Å². The number of primary amides is 1. The highest BCUT2D eigenvalue weighted by Gasteiger charge is 2.30. The topological polar surface area (TPSA) is 163 Å². The van der Waals surface area contributed by atoms with Gasteiger partial charge in [0.2, 0.25) is 11.9 Å². The van der Waals surface area contributed by atoms with Gasteiger partial charge in [0.05, 0.1) is 18.1 Å². The molecule has 0 aliphatic heterocycles. The van der Waals surface area contributed by atoms with Gasteiger partial charge in [-0.3, -0.25) is 24.3 Å². The second kappa shape index (κ2) is 8.49. The highest BCUT2D eigenvalue weighted by atomic mass is 16.5. The third kappa shape index (κ3) is 4.02. The van der Waals surface area contributed by atoms with E-state index in [2.05, 4.69) is 25.6 Å². The van der Waals surface area contributed by atoms with E-state index in [0.29, 0.717) is 11.3 Å². The summed E-state index contributed by atoms with van der Waals surface area (Å²) in [7, 11) is 3.05. The number of rotatable bonds is 8. The first-order chi connectivity index (χ1) is 15.4. The molecule has 1 aliphatic rings. The number of benzene rings is 1. The molecule has 0 bridgehead atoms. The van der Waals surface area contributed by atoms with Crippen molar-refractivity contribution in [3.63, 3.8) is 0 Å². The minimum Gasteiger partial charge on any atom is -0.491 e. The molecule has 4 rings (SSSR count). The van der Waals surface area contributed by atoms with Crippen molar-refractivity contribution in [3.05, 3.63) is 40.4 Å². The van der Waals surface area contributed by atoms with Gasteiger partial charge in [-0.2, -0.15) is 0 Å². The smallest absolute Gasteiger partial charge is 0.263 e. The molecule has 32 heavy (non-hydrogen) atoms. The summed E-state index contributed by atoms with van der Waals surface area (Å²) in [5.74, 6) is -0.395. The van der Waals surface area contributed by atoms with E-state index in [1.807, 2.05) is 0 Å². The molecule has 0 spiro atoms. The molecule has 3 aromatic rings. The Hall–Kier alpha value is -4.22. The number of carbonyl (C=O) groups excluding carboxylic acids is 2. The van der Waals surface area contributed by atoms with Crippen LogP contribution >= 0.6 is 0 Å². The molecule has 0 saturated heterocycles. The number of amides is 2. The third-order valence-electron chi connectivity index (χ3n) is 4.84. The summed E-state index contributed by atoms with van der Waals surface area (Å²) in [5, 5.41) is 5.74. The second-order valence-corrected chi connectivity index (χ2v) is 7.09. The summed E-state index contributed by atoms with van der Waals surface area (Å²) in [6, 6.07) is 3.00. The summed E-state index contributed by atoms with van der Waals surface area (Å²) in [6.07, 6.45) is 4.33. The van der Waals surface area contributed by atoms with Crippen LogP contribution < -0.4 is 31.4 Å². The minimum absolute atomic E-state index is 0.0607. The Morgan fingerprint density at radius 1 is 1.25 bits per heavy atom. The van der Waals surface area contributed by atoms with E-state index in [-0.39, 0.29) is 46.7 Å². The van der Waals surface area contributed by atoms with Crippen molar-refractivity contribution in [2.45, 2.75) is 18.9 Å². The molecular weight excluding hydrogens is 418 g/mol. The third-order valence-corrected chi connectivity index (χ3v) is 4.84. The fourth-order valence-electron chi connectivity index (χ4n) is 3.19. The summed E-state index contributed by atoms with van der Waals surface area (Å²) in [6.45, 7) is -0.368. The van der Waals surface area contributed by atoms with Crippen molar-refractivity contribution in [2.24, 2.45) is 5.73 Å². The number of carbonyl (C=O) groups is 2. The molecular formula is C20H21N7O5. The molecule has 12 nitrogen and oxygen atoms in total. The van der Waals surface area contributed by atoms with E-state index in [9.17, 15) is 14.4 Å². The summed E-state index contributed by atoms with van der Waals surface area (Å²) in [5.41, 5.74) is 5.21. The van der Waals surface area contributed by atoms with E-state index >= 15 is 0 Å². The number of anilines is 2. The van der Waals surface area contributed by atoms with Gasteiger partial charge in [-0.05, 0) is 25.0 Å². The van der Waals surface area contributed by atoms with Gasteiger partial charge < -0.3 is 20.5 Å². The van der Waals surface area contributed by atoms with Crippen LogP contribution in [0.25, 0.3) is 10.9 Å². The molecule has 2 aromatic heterocycles. The van der Waals surface area contributed by atoms with Gasteiger partial charge >= 0.3 is 0 Å². The highest BCUT2D eigenvalue weighted by Crippen LogP contribution is 2.38. The van der Waals surface area contributed by atoms with Gasteiger partial charge in [-0.1, -0.05) is 0 Å². The lowest BCUT2D eigenvalue weighted by atomic mass is 10.2. The van der Waals surface area contributed by atoms with Gasteiger partial charge in [0.15, 0.2) is 18.1 Å². The lowest BCUT2D eigenvalue weighted by molar-refractivity contribution is -0.119. The standard InChI is InChI=1S/C20H21N7O5/c1-22-19-23-7-10(8-24-19)17(29)26-20-25-15-12(18(30)27(20)11-3-4-11)5-6-13(16(15)31-2)32-9-14(21)28/h5-8,11H,3-4,9H2,1-2H3,(H2,21,28)(H,22,23,24)(H,25,26,29). The minimum atomic E-state index is -0.663. The summed E-state index contributed by atoms with van der Waals surface area (Å²) in [4.78, 5) is 49.7. The van der Waals surface area contributed by atoms with E-state index in [1.165, 1.54) is 36.2 Å². The quantitative estimate of drug-likeness (QED) is 0.458. The van der Waals surface area contributed by atoms with Gasteiger partial charge in [0, 0.05) is 25.5 Å². The monoisotopic (exact) mass is 439 g/mol. The van der Waals surface area contributed by atoms with Crippen molar-refractivity contribution in [1.82, 2.24) is 19.5 Å². The molecule has 1 aromatic carbocycles. The second-order valence-electron chi connectivity index (χ2n) is 7.09. The number of hydrogen-bond acceptors (Lipinski definition) is 9. The van der Waals surface area contributed by atoms with E-state index in [0.717, 1.165) is 12.8 Å². The molecule has 1 saturated carbocycles. The maximum Gasteiger partial charge on any atom is 0.263 e. The number of ether oxygens (including phenoxy) is 2. The molecule has 2 amide bonds. The largest absolute Gasteiger partial charge is 0.491 e. The zero-order chi connectivity index (χ0) is 22.8. The molecule has 0 radical (unpaired) electrons. The normalized spacial score (nSPS) is 12.9. The van der Waals surface area contributed by atoms with Crippen molar-refractivity contribution < 1.29 is 19.1 Å². The van der Waals surface area contributed by atoms with E-state index in [1.54, 1.807) is 7.05 Å². The van der Waals surface area contributed by atoms with Crippen LogP contribution in [0.15, 0.2) is 29.3 Å². The van der Waals surface area contributed by atoms with Crippen LogP contribution in [0.4, 0.5) is 11.9 Å². The maximum absolute atomic E-state index is 13.2. The number of nitrogens with two attached hydrogens (primary N) is 1. The number of nitrogens with one attached hydrogen (secondary N) is 2. The van der Waals surface area contributed by atoms with Gasteiger partial charge in [0.25, 0.3) is 17.4 Å². The van der Waals surface area contributed by atoms with E-state index < -0.39 is 11.8 Å². The first-order valence-corrected chi connectivity index (χ1v) is 9.78. The van der Waals surface area contributed by atoms with E-state index in [4.69, 9.17) is 15.2 Å². The highest BCUT2D eigenvalue weighted by molar-refractivity contribution is 6.03. The zero-order valence-corrected chi connectivity index (χ0v) is 17.4. The Morgan fingerprint density at radius 3 is 2.56 bits per heavy atom. The number of aromatic nitrogens is 4. The number of methoxy groups -OCH3 is 1. The van der Waals surface area contributed by atoms with Crippen LogP contribution in [0.1, 0.15) is 29.2 Å².